The molecule has 0 atom stereocenters. The highest BCUT2D eigenvalue weighted by molar-refractivity contribution is 5.65. The van der Waals surface area contributed by atoms with Gasteiger partial charge in [-0.1, -0.05) is 24.3 Å². The van der Waals surface area contributed by atoms with Crippen LogP contribution in [0.2, 0.25) is 0 Å². The molecule has 3 N–H and O–H groups in total. The van der Waals surface area contributed by atoms with E-state index in [2.05, 4.69) is 5.10 Å². The third-order valence-electron chi connectivity index (χ3n) is 4.68. The smallest absolute Gasteiger partial charge is 0.416 e. The molecule has 1 aromatic heterocycles. The van der Waals surface area contributed by atoms with Gasteiger partial charge in [0.15, 0.2) is 0 Å². The van der Waals surface area contributed by atoms with Crippen molar-refractivity contribution in [1.82, 2.24) is 9.78 Å². The number of nitrogens with two attached hydrogens (primary N) is 1. The standard InChI is InChI=1S/C23H16F3N3O3/c24-23(25,26)16-5-7-17(8-6-16)29-22(31)21(20(27)13-28-29)32-19-11-3-15(4-12-19)14-1-9-18(30)10-2-14/h1-13,30H,27H2. The molecular weight excluding hydrogens is 423 g/mol. The van der Waals surface area contributed by atoms with Crippen molar-refractivity contribution in [2.45, 2.75) is 6.18 Å². The molecular formula is C23H16F3N3O3. The van der Waals surface area contributed by atoms with E-state index >= 15 is 0 Å². The van der Waals surface area contributed by atoms with Gasteiger partial charge in [0.25, 0.3) is 0 Å². The Labute approximate surface area is 179 Å². The van der Waals surface area contributed by atoms with Crippen molar-refractivity contribution >= 4 is 5.69 Å². The molecule has 6 nitrogen and oxygen atoms in total. The molecule has 0 amide bonds. The fourth-order valence-electron chi connectivity index (χ4n) is 3.02. The molecule has 9 heteroatoms. The summed E-state index contributed by atoms with van der Waals surface area (Å²) in [4.78, 5) is 12.8. The highest BCUT2D eigenvalue weighted by atomic mass is 19.4. The second kappa shape index (κ2) is 8.10. The molecule has 0 bridgehead atoms. The number of phenols is 1. The van der Waals surface area contributed by atoms with Gasteiger partial charge in [-0.15, -0.1) is 0 Å². The number of aromatic nitrogens is 2. The lowest BCUT2D eigenvalue weighted by molar-refractivity contribution is -0.137. The second-order valence-corrected chi connectivity index (χ2v) is 6.86. The van der Waals surface area contributed by atoms with Gasteiger partial charge in [0.1, 0.15) is 17.2 Å². The number of ether oxygens (including phenoxy) is 1. The zero-order valence-corrected chi connectivity index (χ0v) is 16.4. The third kappa shape index (κ3) is 4.27. The first-order valence-electron chi connectivity index (χ1n) is 9.35. The summed E-state index contributed by atoms with van der Waals surface area (Å²) in [6.45, 7) is 0. The molecule has 0 fully saturated rings. The normalized spacial score (nSPS) is 11.3. The number of rotatable bonds is 4. The van der Waals surface area contributed by atoms with Crippen LogP contribution in [0.25, 0.3) is 16.8 Å². The van der Waals surface area contributed by atoms with E-state index in [1.165, 1.54) is 6.20 Å². The van der Waals surface area contributed by atoms with E-state index in [0.29, 0.717) is 5.75 Å². The van der Waals surface area contributed by atoms with Crippen LogP contribution in [0.1, 0.15) is 5.56 Å². The lowest BCUT2D eigenvalue weighted by Crippen LogP contribution is -2.23. The van der Waals surface area contributed by atoms with E-state index in [-0.39, 0.29) is 22.9 Å². The monoisotopic (exact) mass is 439 g/mol. The first kappa shape index (κ1) is 21.0. The fourth-order valence-corrected chi connectivity index (χ4v) is 3.02. The number of nitrogens with zero attached hydrogens (tertiary/aromatic N) is 2. The fraction of sp³-hybridized carbons (Fsp3) is 0.0435. The van der Waals surface area contributed by atoms with Crippen molar-refractivity contribution in [2.24, 2.45) is 0 Å². The molecule has 1 heterocycles. The lowest BCUT2D eigenvalue weighted by atomic mass is 10.1. The molecule has 0 aliphatic carbocycles. The maximum absolute atomic E-state index is 12.8. The van der Waals surface area contributed by atoms with Crippen molar-refractivity contribution in [1.29, 1.82) is 0 Å². The zero-order valence-electron chi connectivity index (χ0n) is 16.4. The van der Waals surface area contributed by atoms with Crippen LogP contribution < -0.4 is 16.0 Å². The Hall–Kier alpha value is -4.27. The van der Waals surface area contributed by atoms with Crippen LogP contribution in [0.15, 0.2) is 83.8 Å². The Morgan fingerprint density at radius 2 is 1.44 bits per heavy atom. The minimum Gasteiger partial charge on any atom is -0.508 e. The topological polar surface area (TPSA) is 90.4 Å². The van der Waals surface area contributed by atoms with Crippen LogP contribution >= 0.6 is 0 Å². The number of halogens is 3. The Morgan fingerprint density at radius 3 is 2.00 bits per heavy atom. The summed E-state index contributed by atoms with van der Waals surface area (Å²) in [6, 6.07) is 17.5. The summed E-state index contributed by atoms with van der Waals surface area (Å²) in [5.74, 6) is 0.296. The third-order valence-corrected chi connectivity index (χ3v) is 4.68. The van der Waals surface area contributed by atoms with Crippen molar-refractivity contribution in [3.8, 4) is 34.1 Å². The van der Waals surface area contributed by atoms with E-state index in [1.807, 2.05) is 0 Å². The zero-order chi connectivity index (χ0) is 22.9. The molecule has 4 aromatic rings. The van der Waals surface area contributed by atoms with E-state index in [4.69, 9.17) is 10.5 Å². The van der Waals surface area contributed by atoms with Crippen LogP contribution in [0.3, 0.4) is 0 Å². The van der Waals surface area contributed by atoms with Gasteiger partial charge >= 0.3 is 11.7 Å². The molecule has 0 unspecified atom stereocenters. The number of aromatic hydroxyl groups is 1. The summed E-state index contributed by atoms with van der Waals surface area (Å²) in [5.41, 5.74) is 6.17. The van der Waals surface area contributed by atoms with Gasteiger partial charge in [-0.2, -0.15) is 23.0 Å². The number of hydrogen-bond donors (Lipinski definition) is 2. The number of anilines is 1. The number of phenolic OH excluding ortho intramolecular Hbond substituents is 1. The Bertz CT molecular complexity index is 1300. The molecule has 0 aliphatic heterocycles. The summed E-state index contributed by atoms with van der Waals surface area (Å²) in [7, 11) is 0. The summed E-state index contributed by atoms with van der Waals surface area (Å²) >= 11 is 0. The van der Waals surface area contributed by atoms with Crippen LogP contribution in [-0.2, 0) is 6.18 Å². The number of hydrogen-bond acceptors (Lipinski definition) is 5. The maximum Gasteiger partial charge on any atom is 0.416 e. The molecule has 3 aromatic carbocycles. The van der Waals surface area contributed by atoms with Gasteiger partial charge in [0, 0.05) is 0 Å². The Morgan fingerprint density at radius 1 is 0.875 bits per heavy atom. The SMILES string of the molecule is Nc1cnn(-c2ccc(C(F)(F)F)cc2)c(=O)c1Oc1ccc(-c2ccc(O)cc2)cc1. The molecule has 0 saturated carbocycles. The number of nitrogen functional groups attached to an aromatic ring is 1. The van der Waals surface area contributed by atoms with Crippen molar-refractivity contribution in [2.75, 3.05) is 5.73 Å². The van der Waals surface area contributed by atoms with E-state index in [0.717, 1.165) is 40.1 Å². The predicted molar refractivity (Wildman–Crippen MR) is 113 cm³/mol. The molecule has 0 spiro atoms. The average molecular weight is 439 g/mol. The quantitative estimate of drug-likeness (QED) is 0.467. The van der Waals surface area contributed by atoms with Gasteiger partial charge < -0.3 is 15.6 Å². The van der Waals surface area contributed by atoms with Crippen molar-refractivity contribution in [3.05, 3.63) is 94.9 Å². The summed E-state index contributed by atoms with van der Waals surface area (Å²) < 4.78 is 44.9. The average Bonchev–Trinajstić information content (AvgIpc) is 2.77. The van der Waals surface area contributed by atoms with Crippen LogP contribution in [-0.4, -0.2) is 14.9 Å². The highest BCUT2D eigenvalue weighted by Crippen LogP contribution is 2.30. The van der Waals surface area contributed by atoms with Gasteiger partial charge in [-0.3, -0.25) is 4.79 Å². The molecule has 0 radical (unpaired) electrons. The molecule has 0 aliphatic rings. The van der Waals surface area contributed by atoms with Crippen molar-refractivity contribution < 1.29 is 23.0 Å². The first-order valence-corrected chi connectivity index (χ1v) is 9.35. The molecule has 162 valence electrons. The largest absolute Gasteiger partial charge is 0.508 e. The second-order valence-electron chi connectivity index (χ2n) is 6.86. The number of alkyl halides is 3. The summed E-state index contributed by atoms with van der Waals surface area (Å²) in [5, 5.41) is 13.3. The number of benzene rings is 3. The van der Waals surface area contributed by atoms with Crippen LogP contribution in [0.4, 0.5) is 18.9 Å². The minimum absolute atomic E-state index is 0.0132. The lowest BCUT2D eigenvalue weighted by Gasteiger charge is -2.12. The molecule has 4 rings (SSSR count). The van der Waals surface area contributed by atoms with Crippen LogP contribution in [0.5, 0.6) is 17.2 Å². The van der Waals surface area contributed by atoms with Gasteiger partial charge in [0.2, 0.25) is 5.75 Å². The highest BCUT2D eigenvalue weighted by Gasteiger charge is 2.30. The molecule has 32 heavy (non-hydrogen) atoms. The first-order chi connectivity index (χ1) is 15.2. The Balaban J connectivity index is 1.62. The van der Waals surface area contributed by atoms with Gasteiger partial charge in [0.05, 0.1) is 17.4 Å². The van der Waals surface area contributed by atoms with Crippen LogP contribution in [0, 0.1) is 0 Å². The summed E-state index contributed by atoms with van der Waals surface area (Å²) in [6.07, 6.45) is -3.29. The van der Waals surface area contributed by atoms with Crippen molar-refractivity contribution in [3.63, 3.8) is 0 Å². The predicted octanol–water partition coefficient (Wildman–Crippen LogP) is 5.00. The van der Waals surface area contributed by atoms with Gasteiger partial charge in [-0.25, -0.2) is 0 Å². The minimum atomic E-state index is -4.49. The Kier molecular flexibility index (Phi) is 5.31. The van der Waals surface area contributed by atoms with E-state index in [9.17, 15) is 23.1 Å². The van der Waals surface area contributed by atoms with E-state index in [1.54, 1.807) is 48.5 Å². The van der Waals surface area contributed by atoms with Gasteiger partial charge in [-0.05, 0) is 59.7 Å². The maximum atomic E-state index is 12.8. The molecule has 0 saturated heterocycles. The van der Waals surface area contributed by atoms with E-state index < -0.39 is 17.3 Å².